The number of rotatable bonds is 7. The molecule has 4 amide bonds. The van der Waals surface area contributed by atoms with Crippen molar-refractivity contribution in [3.05, 3.63) is 110 Å². The monoisotopic (exact) mass is 799 g/mol. The number of carbonyl (C=O) groups excluding carboxylic acids is 4. The van der Waals surface area contributed by atoms with E-state index in [0.717, 1.165) is 89.8 Å². The molecule has 3 fully saturated rings. The molecule has 3 aromatic carbocycles. The number of piperidine rings is 3. The third-order valence-corrected chi connectivity index (χ3v) is 12.4. The first-order valence-corrected chi connectivity index (χ1v) is 20.3. The Balaban J connectivity index is 0.833. The van der Waals surface area contributed by atoms with E-state index in [1.807, 2.05) is 21.7 Å². The Bertz CT molecular complexity index is 2430. The first kappa shape index (κ1) is 39.0. The molecule has 0 radical (unpaired) electrons. The molecule has 13 heteroatoms. The molecule has 0 saturated carbocycles. The van der Waals surface area contributed by atoms with Crippen molar-refractivity contribution < 1.29 is 23.6 Å². The molecule has 0 aliphatic carbocycles. The van der Waals surface area contributed by atoms with Crippen molar-refractivity contribution in [1.29, 1.82) is 0 Å². The number of aromatic nitrogens is 2. The van der Waals surface area contributed by atoms with Crippen LogP contribution in [0.3, 0.4) is 0 Å². The zero-order chi connectivity index (χ0) is 40.7. The Labute approximate surface area is 341 Å². The van der Waals surface area contributed by atoms with Crippen LogP contribution < -0.4 is 10.2 Å². The highest BCUT2D eigenvalue weighted by atomic mass is 35.5. The van der Waals surface area contributed by atoms with Crippen molar-refractivity contribution in [3.8, 4) is 23.1 Å². The van der Waals surface area contributed by atoms with E-state index in [1.165, 1.54) is 6.07 Å². The van der Waals surface area contributed by atoms with E-state index in [4.69, 9.17) is 23.3 Å². The van der Waals surface area contributed by atoms with Crippen molar-refractivity contribution >= 4 is 46.6 Å². The number of hydrogen-bond donors (Lipinski definition) is 1. The summed E-state index contributed by atoms with van der Waals surface area (Å²) in [6.07, 6.45) is 4.56. The fourth-order valence-electron chi connectivity index (χ4n) is 8.79. The van der Waals surface area contributed by atoms with Crippen LogP contribution >= 0.6 is 11.6 Å². The normalized spacial score (nSPS) is 19.2. The Morgan fingerprint density at radius 1 is 0.931 bits per heavy atom. The van der Waals surface area contributed by atoms with Gasteiger partial charge in [-0.1, -0.05) is 54.6 Å². The summed E-state index contributed by atoms with van der Waals surface area (Å²) < 4.78 is 17.5. The van der Waals surface area contributed by atoms with E-state index in [9.17, 15) is 19.2 Å². The predicted molar refractivity (Wildman–Crippen MR) is 218 cm³/mol. The SMILES string of the molecule is [C-]#[N+]c1ccc(-c2nn(Cc3ccc(C#CC4CCN(C5CCN(c6cc7c(cc6F)C(=O)N(C6CCC(=O)NC6=O)C7=O)CC5)CC4)cc3)c(C)c2CC)cc1Cl. The van der Waals surface area contributed by atoms with E-state index in [1.54, 1.807) is 6.07 Å². The third kappa shape index (κ3) is 7.50. The summed E-state index contributed by atoms with van der Waals surface area (Å²) >= 11 is 6.35. The van der Waals surface area contributed by atoms with Crippen LogP contribution in [-0.2, 0) is 22.6 Å². The molecule has 1 N–H and O–H groups in total. The van der Waals surface area contributed by atoms with Gasteiger partial charge in [0.25, 0.3) is 11.8 Å². The van der Waals surface area contributed by atoms with Crippen LogP contribution in [0.25, 0.3) is 16.1 Å². The number of benzene rings is 3. The van der Waals surface area contributed by atoms with Gasteiger partial charge in [0.05, 0.1) is 35.6 Å². The molecule has 1 atom stereocenters. The minimum Gasteiger partial charge on any atom is -0.369 e. The highest BCUT2D eigenvalue weighted by Crippen LogP contribution is 2.36. The molecule has 5 heterocycles. The van der Waals surface area contributed by atoms with Gasteiger partial charge in [-0.05, 0) is 94.4 Å². The lowest BCUT2D eigenvalue weighted by Crippen LogP contribution is -2.54. The third-order valence-electron chi connectivity index (χ3n) is 12.1. The Morgan fingerprint density at radius 3 is 2.29 bits per heavy atom. The second-order valence-electron chi connectivity index (χ2n) is 15.5. The number of anilines is 1. The maximum Gasteiger partial charge on any atom is 0.262 e. The van der Waals surface area contributed by atoms with Gasteiger partial charge >= 0.3 is 0 Å². The summed E-state index contributed by atoms with van der Waals surface area (Å²) in [5.41, 5.74) is 6.93. The number of likely N-dealkylation sites (tertiary alicyclic amines) is 1. The highest BCUT2D eigenvalue weighted by Gasteiger charge is 2.45. The molecule has 0 spiro atoms. The largest absolute Gasteiger partial charge is 0.369 e. The molecule has 296 valence electrons. The van der Waals surface area contributed by atoms with Crippen LogP contribution in [0.2, 0.25) is 5.02 Å². The number of fused-ring (bicyclic) bond motifs is 1. The summed E-state index contributed by atoms with van der Waals surface area (Å²) in [5, 5.41) is 7.57. The number of imide groups is 2. The maximum atomic E-state index is 15.5. The first-order valence-electron chi connectivity index (χ1n) is 19.9. The molecule has 4 aromatic rings. The van der Waals surface area contributed by atoms with Crippen LogP contribution in [0, 0.1) is 37.1 Å². The molecule has 11 nitrogen and oxygen atoms in total. The summed E-state index contributed by atoms with van der Waals surface area (Å²) in [7, 11) is 0. The molecule has 0 bridgehead atoms. The summed E-state index contributed by atoms with van der Waals surface area (Å²) in [4.78, 5) is 59.3. The molecular formula is C45H43ClFN7O4. The lowest BCUT2D eigenvalue weighted by Gasteiger charge is -2.42. The van der Waals surface area contributed by atoms with E-state index in [0.29, 0.717) is 42.3 Å². The topological polar surface area (TPSA) is 112 Å². The van der Waals surface area contributed by atoms with E-state index >= 15 is 4.39 Å². The van der Waals surface area contributed by atoms with Crippen molar-refractivity contribution in [1.82, 2.24) is 24.9 Å². The lowest BCUT2D eigenvalue weighted by molar-refractivity contribution is -0.136. The zero-order valence-electron chi connectivity index (χ0n) is 32.5. The minimum absolute atomic E-state index is 0.0237. The molecule has 4 aliphatic heterocycles. The van der Waals surface area contributed by atoms with Gasteiger partial charge < -0.3 is 9.80 Å². The first-order chi connectivity index (χ1) is 28.0. The second kappa shape index (κ2) is 16.2. The molecule has 8 rings (SSSR count). The number of halogens is 2. The fraction of sp³-hybridized carbons (Fsp3) is 0.378. The molecular weight excluding hydrogens is 757 g/mol. The van der Waals surface area contributed by atoms with Crippen LogP contribution in [0.4, 0.5) is 15.8 Å². The standard InChI is InChI=1S/C45H43ClFN7O4/c1-4-33-27(2)53(50-42(33)31-11-12-38(48-3)36(46)23-31)26-30-9-7-28(8-10-30)5-6-29-15-19-51(20-16-29)32-17-21-52(22-18-32)40-25-35-34(24-37(40)47)44(57)54(45(35)58)39-13-14-41(55)49-43(39)56/h7-12,23-25,29,32,39H,4,13-22,26H2,1-2H3,(H,49,55,56). The average molecular weight is 800 g/mol. The van der Waals surface area contributed by atoms with Gasteiger partial charge in [-0.2, -0.15) is 5.10 Å². The Hall–Kier alpha value is -5.82. The quantitative estimate of drug-likeness (QED) is 0.122. The highest BCUT2D eigenvalue weighted by molar-refractivity contribution is 6.33. The average Bonchev–Trinajstić information content (AvgIpc) is 3.67. The fourth-order valence-corrected chi connectivity index (χ4v) is 9.01. The minimum atomic E-state index is -1.09. The van der Waals surface area contributed by atoms with Crippen molar-refractivity contribution in [2.45, 2.75) is 77.4 Å². The molecule has 58 heavy (non-hydrogen) atoms. The molecule has 1 aromatic heterocycles. The smallest absolute Gasteiger partial charge is 0.262 e. The summed E-state index contributed by atoms with van der Waals surface area (Å²) in [6, 6.07) is 15.7. The molecule has 4 aliphatic rings. The summed E-state index contributed by atoms with van der Waals surface area (Å²) in [6.45, 7) is 15.3. The van der Waals surface area contributed by atoms with Gasteiger partial charge in [0.15, 0.2) is 0 Å². The van der Waals surface area contributed by atoms with Gasteiger partial charge in [0, 0.05) is 58.9 Å². The van der Waals surface area contributed by atoms with Crippen LogP contribution in [0.15, 0.2) is 54.6 Å². The number of nitrogens with one attached hydrogen (secondary N) is 1. The predicted octanol–water partition coefficient (Wildman–Crippen LogP) is 6.95. The van der Waals surface area contributed by atoms with Gasteiger partial charge in [0.2, 0.25) is 17.5 Å². The number of hydrogen-bond acceptors (Lipinski definition) is 7. The molecule has 3 saturated heterocycles. The Morgan fingerprint density at radius 2 is 1.64 bits per heavy atom. The van der Waals surface area contributed by atoms with Crippen molar-refractivity contribution in [3.63, 3.8) is 0 Å². The van der Waals surface area contributed by atoms with Gasteiger partial charge in [-0.15, -0.1) is 0 Å². The van der Waals surface area contributed by atoms with Gasteiger partial charge in [-0.3, -0.25) is 34.1 Å². The van der Waals surface area contributed by atoms with Crippen LogP contribution in [0.1, 0.15) is 88.5 Å². The van der Waals surface area contributed by atoms with Crippen LogP contribution in [-0.4, -0.2) is 81.5 Å². The number of carbonyl (C=O) groups is 4. The number of nitrogens with zero attached hydrogens (tertiary/aromatic N) is 6. The molecule has 1 unspecified atom stereocenters. The van der Waals surface area contributed by atoms with Gasteiger partial charge in [-0.25, -0.2) is 9.24 Å². The van der Waals surface area contributed by atoms with Crippen molar-refractivity contribution in [2.75, 3.05) is 31.1 Å². The Kier molecular flexibility index (Phi) is 10.9. The maximum absolute atomic E-state index is 15.5. The lowest BCUT2D eigenvalue weighted by atomic mass is 9.93. The van der Waals surface area contributed by atoms with Crippen LogP contribution in [0.5, 0.6) is 0 Å². The number of amides is 4. The van der Waals surface area contributed by atoms with E-state index in [2.05, 4.69) is 65.0 Å². The zero-order valence-corrected chi connectivity index (χ0v) is 33.2. The van der Waals surface area contributed by atoms with Crippen molar-refractivity contribution in [2.24, 2.45) is 5.92 Å². The van der Waals surface area contributed by atoms with E-state index in [-0.39, 0.29) is 29.7 Å². The van der Waals surface area contributed by atoms with Gasteiger partial charge in [0.1, 0.15) is 11.9 Å². The summed E-state index contributed by atoms with van der Waals surface area (Å²) in [5.74, 6) is 4.17. The second-order valence-corrected chi connectivity index (χ2v) is 15.9. The van der Waals surface area contributed by atoms with E-state index < -0.39 is 35.5 Å².